The van der Waals surface area contributed by atoms with E-state index < -0.39 is 0 Å². The van der Waals surface area contributed by atoms with Crippen LogP contribution in [0.2, 0.25) is 0 Å². The van der Waals surface area contributed by atoms with Crippen molar-refractivity contribution in [1.82, 2.24) is 10.2 Å². The molecule has 2 rings (SSSR count). The number of hydrogen-bond donors (Lipinski definition) is 1. The van der Waals surface area contributed by atoms with E-state index in [1.54, 1.807) is 19.2 Å². The van der Waals surface area contributed by atoms with Crippen LogP contribution in [0.25, 0.3) is 0 Å². The smallest absolute Gasteiger partial charge is 0.193 e. The summed E-state index contributed by atoms with van der Waals surface area (Å²) in [7, 11) is 3.78. The van der Waals surface area contributed by atoms with Gasteiger partial charge in [0, 0.05) is 33.9 Å². The van der Waals surface area contributed by atoms with E-state index in [-0.39, 0.29) is 5.82 Å². The second-order valence-electron chi connectivity index (χ2n) is 6.57. The lowest BCUT2D eigenvalue weighted by Crippen LogP contribution is -2.43. The number of ether oxygens (including phenoxy) is 2. The zero-order valence-corrected chi connectivity index (χ0v) is 15.6. The Morgan fingerprint density at radius 3 is 2.60 bits per heavy atom. The summed E-state index contributed by atoms with van der Waals surface area (Å²) in [5.41, 5.74) is 0.372. The van der Waals surface area contributed by atoms with E-state index in [9.17, 15) is 4.39 Å². The van der Waals surface area contributed by atoms with Crippen molar-refractivity contribution in [3.8, 4) is 5.75 Å². The first-order valence-electron chi connectivity index (χ1n) is 8.96. The van der Waals surface area contributed by atoms with Crippen molar-refractivity contribution < 1.29 is 13.9 Å². The first-order chi connectivity index (χ1) is 12.1. The van der Waals surface area contributed by atoms with Crippen LogP contribution in [0, 0.1) is 11.2 Å². The lowest BCUT2D eigenvalue weighted by molar-refractivity contribution is 0.128. The van der Waals surface area contributed by atoms with Crippen molar-refractivity contribution in [2.24, 2.45) is 10.4 Å². The molecular weight excluding hydrogens is 321 g/mol. The highest BCUT2D eigenvalue weighted by Crippen LogP contribution is 2.48. The average Bonchev–Trinajstić information content (AvgIpc) is 3.37. The number of hydrogen-bond acceptors (Lipinski definition) is 3. The molecule has 0 aromatic heterocycles. The Balaban J connectivity index is 1.69. The largest absolute Gasteiger partial charge is 0.492 e. The molecule has 0 saturated heterocycles. The van der Waals surface area contributed by atoms with Gasteiger partial charge in [0.05, 0.1) is 6.54 Å². The molecule has 1 aliphatic rings. The van der Waals surface area contributed by atoms with Gasteiger partial charge in [0.25, 0.3) is 0 Å². The molecule has 0 bridgehead atoms. The summed E-state index contributed by atoms with van der Waals surface area (Å²) < 4.78 is 24.0. The molecule has 0 radical (unpaired) electrons. The monoisotopic (exact) mass is 351 g/mol. The van der Waals surface area contributed by atoms with Gasteiger partial charge in [-0.15, -0.1) is 0 Å². The van der Waals surface area contributed by atoms with Crippen LogP contribution in [0.4, 0.5) is 4.39 Å². The molecule has 1 aromatic carbocycles. The highest BCUT2D eigenvalue weighted by atomic mass is 19.1. The van der Waals surface area contributed by atoms with Crippen molar-refractivity contribution in [1.29, 1.82) is 0 Å². The summed E-state index contributed by atoms with van der Waals surface area (Å²) in [6.45, 7) is 5.78. The molecule has 1 aliphatic carbocycles. The normalized spacial score (nSPS) is 15.8. The molecule has 0 aliphatic heterocycles. The van der Waals surface area contributed by atoms with Gasteiger partial charge in [-0.25, -0.2) is 4.39 Å². The van der Waals surface area contributed by atoms with Gasteiger partial charge in [0.1, 0.15) is 18.2 Å². The van der Waals surface area contributed by atoms with Crippen LogP contribution in [0.15, 0.2) is 29.3 Å². The third-order valence-electron chi connectivity index (χ3n) is 4.64. The Morgan fingerprint density at radius 2 is 2.00 bits per heavy atom. The van der Waals surface area contributed by atoms with Crippen LogP contribution in [0.1, 0.15) is 26.2 Å². The van der Waals surface area contributed by atoms with Crippen molar-refractivity contribution >= 4 is 5.96 Å². The summed E-state index contributed by atoms with van der Waals surface area (Å²) in [4.78, 5) is 6.39. The quantitative estimate of drug-likeness (QED) is 0.400. The third-order valence-corrected chi connectivity index (χ3v) is 4.64. The topological polar surface area (TPSA) is 46.1 Å². The van der Waals surface area contributed by atoms with Crippen molar-refractivity contribution in [3.63, 3.8) is 0 Å². The summed E-state index contributed by atoms with van der Waals surface area (Å²) >= 11 is 0. The van der Waals surface area contributed by atoms with Crippen molar-refractivity contribution in [3.05, 3.63) is 30.1 Å². The first kappa shape index (κ1) is 19.5. The highest BCUT2D eigenvalue weighted by molar-refractivity contribution is 5.79. The number of guanidine groups is 1. The van der Waals surface area contributed by atoms with Crippen LogP contribution in [-0.2, 0) is 4.74 Å². The fourth-order valence-corrected chi connectivity index (χ4v) is 2.71. The van der Waals surface area contributed by atoms with E-state index in [1.807, 2.05) is 18.9 Å². The van der Waals surface area contributed by atoms with Gasteiger partial charge in [-0.1, -0.05) is 0 Å². The van der Waals surface area contributed by atoms with Crippen LogP contribution in [-0.4, -0.2) is 57.9 Å². The maximum absolute atomic E-state index is 12.9. The van der Waals surface area contributed by atoms with Crippen LogP contribution >= 0.6 is 0 Å². The molecule has 1 saturated carbocycles. The second-order valence-corrected chi connectivity index (χ2v) is 6.57. The number of aliphatic imine (C=N–C) groups is 1. The predicted octanol–water partition coefficient (Wildman–Crippen LogP) is 2.92. The number of halogens is 1. The molecule has 140 valence electrons. The number of nitrogens with one attached hydrogen (secondary N) is 1. The Hall–Kier alpha value is -1.82. The minimum absolute atomic E-state index is 0.257. The summed E-state index contributed by atoms with van der Waals surface area (Å²) in [5, 5.41) is 3.47. The SMILES string of the molecule is CCOCCC1(CNC(=NC)N(C)CCOc2ccc(F)cc2)CC1. The molecule has 1 fully saturated rings. The summed E-state index contributed by atoms with van der Waals surface area (Å²) in [6.07, 6.45) is 3.60. The summed E-state index contributed by atoms with van der Waals surface area (Å²) in [6, 6.07) is 6.07. The number of likely N-dealkylation sites (N-methyl/N-ethyl adjacent to an activating group) is 1. The van der Waals surface area contributed by atoms with E-state index in [0.717, 1.165) is 32.1 Å². The maximum atomic E-state index is 12.9. The Morgan fingerprint density at radius 1 is 1.28 bits per heavy atom. The first-order valence-corrected chi connectivity index (χ1v) is 8.96. The summed E-state index contributed by atoms with van der Waals surface area (Å²) in [5.74, 6) is 1.28. The third kappa shape index (κ3) is 6.53. The van der Waals surface area contributed by atoms with Crippen molar-refractivity contribution in [2.45, 2.75) is 26.2 Å². The fourth-order valence-electron chi connectivity index (χ4n) is 2.71. The van der Waals surface area contributed by atoms with E-state index in [4.69, 9.17) is 9.47 Å². The van der Waals surface area contributed by atoms with Gasteiger partial charge in [0.15, 0.2) is 5.96 Å². The zero-order chi connectivity index (χ0) is 18.1. The fraction of sp³-hybridized carbons (Fsp3) is 0.632. The lowest BCUT2D eigenvalue weighted by atomic mass is 10.0. The predicted molar refractivity (Wildman–Crippen MR) is 98.7 cm³/mol. The highest BCUT2D eigenvalue weighted by Gasteiger charge is 2.42. The molecule has 0 heterocycles. The Kier molecular flexibility index (Phi) is 7.50. The lowest BCUT2D eigenvalue weighted by Gasteiger charge is -2.24. The van der Waals surface area contributed by atoms with Gasteiger partial charge in [-0.05, 0) is 55.9 Å². The Labute approximate surface area is 150 Å². The minimum atomic E-state index is -0.257. The molecule has 0 spiro atoms. The van der Waals surface area contributed by atoms with E-state index in [2.05, 4.69) is 10.3 Å². The molecule has 0 amide bonds. The van der Waals surface area contributed by atoms with Gasteiger partial charge < -0.3 is 19.7 Å². The van der Waals surface area contributed by atoms with Gasteiger partial charge in [0.2, 0.25) is 0 Å². The molecule has 25 heavy (non-hydrogen) atoms. The molecule has 5 nitrogen and oxygen atoms in total. The maximum Gasteiger partial charge on any atom is 0.193 e. The zero-order valence-electron chi connectivity index (χ0n) is 15.6. The molecule has 1 N–H and O–H groups in total. The van der Waals surface area contributed by atoms with Gasteiger partial charge in [-0.3, -0.25) is 4.99 Å². The van der Waals surface area contributed by atoms with Gasteiger partial charge in [-0.2, -0.15) is 0 Å². The van der Waals surface area contributed by atoms with Gasteiger partial charge >= 0.3 is 0 Å². The van der Waals surface area contributed by atoms with Crippen molar-refractivity contribution in [2.75, 3.05) is 47.0 Å². The van der Waals surface area contributed by atoms with Crippen LogP contribution in [0.5, 0.6) is 5.75 Å². The molecular formula is C19H30FN3O2. The number of benzene rings is 1. The molecule has 6 heteroatoms. The number of rotatable bonds is 10. The average molecular weight is 351 g/mol. The molecule has 0 atom stereocenters. The standard InChI is InChI=1S/C19H30FN3O2/c1-4-24-13-11-19(9-10-19)15-22-18(21-2)23(3)12-14-25-17-7-5-16(20)6-8-17/h5-8H,4,9-15H2,1-3H3,(H,21,22). The Bertz CT molecular complexity index is 544. The van der Waals surface area contributed by atoms with Crippen LogP contribution < -0.4 is 10.1 Å². The van der Waals surface area contributed by atoms with E-state index in [0.29, 0.717) is 24.3 Å². The van der Waals surface area contributed by atoms with Crippen LogP contribution in [0.3, 0.4) is 0 Å². The minimum Gasteiger partial charge on any atom is -0.492 e. The molecule has 1 aromatic rings. The second kappa shape index (κ2) is 9.61. The molecule has 0 unspecified atom stereocenters. The number of nitrogens with zero attached hydrogens (tertiary/aromatic N) is 2. The van der Waals surface area contributed by atoms with E-state index in [1.165, 1.54) is 25.0 Å². The van der Waals surface area contributed by atoms with E-state index >= 15 is 0 Å².